The summed E-state index contributed by atoms with van der Waals surface area (Å²) in [6.45, 7) is 4.55. The van der Waals surface area contributed by atoms with E-state index in [2.05, 4.69) is 10.3 Å². The number of aliphatic hydroxyl groups excluding tert-OH is 1. The van der Waals surface area contributed by atoms with Crippen LogP contribution in [0, 0.1) is 5.92 Å². The molecule has 1 aliphatic carbocycles. The van der Waals surface area contributed by atoms with Gasteiger partial charge in [-0.3, -0.25) is 4.79 Å². The predicted molar refractivity (Wildman–Crippen MR) is 75.3 cm³/mol. The molecule has 2 N–H and O–H groups in total. The Morgan fingerprint density at radius 1 is 1.47 bits per heavy atom. The van der Waals surface area contributed by atoms with E-state index < -0.39 is 0 Å². The molecule has 0 saturated heterocycles. The number of aromatic nitrogens is 2. The van der Waals surface area contributed by atoms with Crippen LogP contribution in [0.5, 0.6) is 0 Å². The fourth-order valence-corrected chi connectivity index (χ4v) is 2.61. The van der Waals surface area contributed by atoms with Crippen LogP contribution in [0.2, 0.25) is 0 Å². The van der Waals surface area contributed by atoms with Gasteiger partial charge in [0.15, 0.2) is 5.82 Å². The molecule has 2 rings (SSSR count). The van der Waals surface area contributed by atoms with Crippen molar-refractivity contribution in [1.82, 2.24) is 9.55 Å². The maximum absolute atomic E-state index is 12.1. The summed E-state index contributed by atoms with van der Waals surface area (Å²) in [7, 11) is 0. The van der Waals surface area contributed by atoms with E-state index in [1.54, 1.807) is 17.0 Å². The molecule has 5 nitrogen and oxygen atoms in total. The molecule has 2 atom stereocenters. The van der Waals surface area contributed by atoms with Crippen LogP contribution in [0.1, 0.15) is 45.6 Å². The lowest BCUT2D eigenvalue weighted by Crippen LogP contribution is -2.33. The Kier molecular flexibility index (Phi) is 4.58. The van der Waals surface area contributed by atoms with E-state index in [9.17, 15) is 9.90 Å². The maximum Gasteiger partial charge on any atom is 0.293 e. The molecule has 0 bridgehead atoms. The third-order valence-corrected chi connectivity index (χ3v) is 3.82. The predicted octanol–water partition coefficient (Wildman–Crippen LogP) is 1.79. The molecular formula is C14H23N3O2. The van der Waals surface area contributed by atoms with Crippen LogP contribution in [0.25, 0.3) is 0 Å². The minimum absolute atomic E-state index is 0.0946. The molecule has 0 aliphatic heterocycles. The largest absolute Gasteiger partial charge is 0.393 e. The fourth-order valence-electron chi connectivity index (χ4n) is 2.61. The summed E-state index contributed by atoms with van der Waals surface area (Å²) in [5.41, 5.74) is -0.0946. The summed E-state index contributed by atoms with van der Waals surface area (Å²) in [4.78, 5) is 16.2. The van der Waals surface area contributed by atoms with Gasteiger partial charge >= 0.3 is 0 Å². The van der Waals surface area contributed by atoms with E-state index in [4.69, 9.17) is 0 Å². The number of hydrogen-bond acceptors (Lipinski definition) is 4. The smallest absolute Gasteiger partial charge is 0.293 e. The number of hydrogen-bond donors (Lipinski definition) is 2. The molecule has 1 aromatic rings. The summed E-state index contributed by atoms with van der Waals surface area (Å²) >= 11 is 0. The highest BCUT2D eigenvalue weighted by atomic mass is 16.3. The zero-order valence-corrected chi connectivity index (χ0v) is 11.7. The average molecular weight is 265 g/mol. The van der Waals surface area contributed by atoms with E-state index in [1.807, 2.05) is 13.8 Å². The van der Waals surface area contributed by atoms with Crippen molar-refractivity contribution in [2.75, 3.05) is 11.9 Å². The highest BCUT2D eigenvalue weighted by Crippen LogP contribution is 2.24. The monoisotopic (exact) mass is 265 g/mol. The Balaban J connectivity index is 2.03. The number of aliphatic hydroxyl groups is 1. The lowest BCUT2D eigenvalue weighted by molar-refractivity contribution is 0.0762. The van der Waals surface area contributed by atoms with Crippen LogP contribution in [0.3, 0.4) is 0 Å². The molecule has 1 fully saturated rings. The number of rotatable bonds is 4. The molecule has 1 heterocycles. The number of nitrogens with one attached hydrogen (secondary N) is 1. The van der Waals surface area contributed by atoms with Gasteiger partial charge < -0.3 is 15.0 Å². The second-order valence-corrected chi connectivity index (χ2v) is 5.57. The molecule has 2 unspecified atom stereocenters. The standard InChI is InChI=1S/C14H23N3O2/c1-10(2)17-8-7-15-13(14(17)19)16-9-11-5-3-4-6-12(11)18/h7-8,10-12,18H,3-6,9H2,1-2H3,(H,15,16). The van der Waals surface area contributed by atoms with Crippen molar-refractivity contribution in [3.8, 4) is 0 Å². The van der Waals surface area contributed by atoms with Crippen molar-refractivity contribution in [3.63, 3.8) is 0 Å². The second kappa shape index (κ2) is 6.19. The highest BCUT2D eigenvalue weighted by molar-refractivity contribution is 5.31. The van der Waals surface area contributed by atoms with Crippen LogP contribution < -0.4 is 10.9 Å². The fraction of sp³-hybridized carbons (Fsp3) is 0.714. The normalized spacial score (nSPS) is 23.6. The Morgan fingerprint density at radius 3 is 2.89 bits per heavy atom. The van der Waals surface area contributed by atoms with Crippen molar-refractivity contribution in [3.05, 3.63) is 22.7 Å². The van der Waals surface area contributed by atoms with E-state index in [-0.39, 0.29) is 23.6 Å². The first-order chi connectivity index (χ1) is 9.09. The molecule has 1 aliphatic rings. The van der Waals surface area contributed by atoms with Crippen molar-refractivity contribution in [1.29, 1.82) is 0 Å². The summed E-state index contributed by atoms with van der Waals surface area (Å²) in [6, 6.07) is 0.122. The summed E-state index contributed by atoms with van der Waals surface area (Å²) < 4.78 is 1.66. The summed E-state index contributed by atoms with van der Waals surface area (Å²) in [6.07, 6.45) is 7.22. The van der Waals surface area contributed by atoms with Crippen LogP contribution in [-0.2, 0) is 0 Å². The van der Waals surface area contributed by atoms with Gasteiger partial charge in [-0.25, -0.2) is 4.98 Å². The van der Waals surface area contributed by atoms with Gasteiger partial charge in [0.25, 0.3) is 5.56 Å². The Morgan fingerprint density at radius 2 is 2.21 bits per heavy atom. The summed E-state index contributed by atoms with van der Waals surface area (Å²) in [5, 5.41) is 13.0. The second-order valence-electron chi connectivity index (χ2n) is 5.57. The topological polar surface area (TPSA) is 67.2 Å². The average Bonchev–Trinajstić information content (AvgIpc) is 2.39. The van der Waals surface area contributed by atoms with Crippen LogP contribution >= 0.6 is 0 Å². The quantitative estimate of drug-likeness (QED) is 0.871. The van der Waals surface area contributed by atoms with Crippen molar-refractivity contribution in [2.24, 2.45) is 5.92 Å². The maximum atomic E-state index is 12.1. The van der Waals surface area contributed by atoms with E-state index in [1.165, 1.54) is 0 Å². The van der Waals surface area contributed by atoms with E-state index >= 15 is 0 Å². The van der Waals surface area contributed by atoms with Gasteiger partial charge in [-0.1, -0.05) is 12.8 Å². The molecule has 1 saturated carbocycles. The first-order valence-electron chi connectivity index (χ1n) is 7.08. The van der Waals surface area contributed by atoms with Crippen molar-refractivity contribution < 1.29 is 5.11 Å². The van der Waals surface area contributed by atoms with Gasteiger partial charge in [-0.2, -0.15) is 0 Å². The SMILES string of the molecule is CC(C)n1ccnc(NCC2CCCCC2O)c1=O. The van der Waals surface area contributed by atoms with Crippen LogP contribution in [0.15, 0.2) is 17.2 Å². The zero-order chi connectivity index (χ0) is 13.8. The minimum atomic E-state index is -0.253. The van der Waals surface area contributed by atoms with Gasteiger partial charge in [0.2, 0.25) is 0 Å². The minimum Gasteiger partial charge on any atom is -0.393 e. The van der Waals surface area contributed by atoms with Gasteiger partial charge in [0.1, 0.15) is 0 Å². The summed E-state index contributed by atoms with van der Waals surface area (Å²) in [5.74, 6) is 0.608. The molecule has 0 spiro atoms. The van der Waals surface area contributed by atoms with Crippen molar-refractivity contribution in [2.45, 2.75) is 51.7 Å². The van der Waals surface area contributed by atoms with E-state index in [0.717, 1.165) is 25.7 Å². The first kappa shape index (κ1) is 14.1. The molecule has 0 radical (unpaired) electrons. The lowest BCUT2D eigenvalue weighted by atomic mass is 9.86. The third-order valence-electron chi connectivity index (χ3n) is 3.82. The molecular weight excluding hydrogens is 242 g/mol. The van der Waals surface area contributed by atoms with Gasteiger partial charge in [0, 0.05) is 30.9 Å². The third kappa shape index (κ3) is 3.35. The first-order valence-corrected chi connectivity index (χ1v) is 7.08. The van der Waals surface area contributed by atoms with Crippen LogP contribution in [-0.4, -0.2) is 27.3 Å². The van der Waals surface area contributed by atoms with Gasteiger partial charge in [-0.15, -0.1) is 0 Å². The molecule has 5 heteroatoms. The molecule has 19 heavy (non-hydrogen) atoms. The Hall–Kier alpha value is -1.36. The van der Waals surface area contributed by atoms with Gasteiger partial charge in [0.05, 0.1) is 6.10 Å². The Bertz CT molecular complexity index is 470. The molecule has 0 aromatic carbocycles. The Labute approximate surface area is 113 Å². The van der Waals surface area contributed by atoms with Crippen molar-refractivity contribution >= 4 is 5.82 Å². The van der Waals surface area contributed by atoms with Gasteiger partial charge in [-0.05, 0) is 26.7 Å². The van der Waals surface area contributed by atoms with E-state index in [0.29, 0.717) is 12.4 Å². The highest BCUT2D eigenvalue weighted by Gasteiger charge is 2.23. The zero-order valence-electron chi connectivity index (χ0n) is 11.7. The lowest BCUT2D eigenvalue weighted by Gasteiger charge is -2.27. The molecule has 0 amide bonds. The number of nitrogens with zero attached hydrogens (tertiary/aromatic N) is 2. The molecule has 1 aromatic heterocycles. The molecule has 106 valence electrons. The van der Waals surface area contributed by atoms with Crippen LogP contribution in [0.4, 0.5) is 5.82 Å². The number of anilines is 1.